The van der Waals surface area contributed by atoms with Crippen molar-refractivity contribution in [3.05, 3.63) is 35.5 Å². The van der Waals surface area contributed by atoms with E-state index >= 15 is 0 Å². The number of amidine groups is 1. The summed E-state index contributed by atoms with van der Waals surface area (Å²) < 4.78 is 0. The number of aliphatic imine (C=N–C) groups is 1. The molecule has 3 rings (SSSR count). The molecule has 1 aromatic rings. The summed E-state index contributed by atoms with van der Waals surface area (Å²) in [7, 11) is 4.04. The normalized spacial score (nSPS) is 20.3. The molecule has 2 aliphatic rings. The van der Waals surface area contributed by atoms with Crippen LogP contribution in [0.1, 0.15) is 31.2 Å². The molecule has 2 heterocycles. The highest BCUT2D eigenvalue weighted by molar-refractivity contribution is 6.13. The number of fused-ring (bicyclic) bond motifs is 1. The van der Waals surface area contributed by atoms with Crippen LogP contribution < -0.4 is 4.90 Å². The molecule has 1 saturated heterocycles. The summed E-state index contributed by atoms with van der Waals surface area (Å²) in [5.41, 5.74) is 2.93. The van der Waals surface area contributed by atoms with Crippen molar-refractivity contribution >= 4 is 23.5 Å². The predicted molar refractivity (Wildman–Crippen MR) is 86.4 cm³/mol. The molecule has 0 spiro atoms. The fourth-order valence-electron chi connectivity index (χ4n) is 2.83. The fraction of sp³-hybridized carbons (Fsp3) is 0.412. The molecule has 0 atom stereocenters. The summed E-state index contributed by atoms with van der Waals surface area (Å²) in [4.78, 5) is 20.5. The van der Waals surface area contributed by atoms with Crippen LogP contribution in [0.3, 0.4) is 0 Å². The van der Waals surface area contributed by atoms with Crippen molar-refractivity contribution in [2.45, 2.75) is 25.7 Å². The minimum atomic E-state index is -0.0939. The van der Waals surface area contributed by atoms with Crippen LogP contribution in [0.15, 0.2) is 35.0 Å². The number of anilines is 1. The molecule has 1 aromatic carbocycles. The topological polar surface area (TPSA) is 35.9 Å². The van der Waals surface area contributed by atoms with Gasteiger partial charge in [-0.3, -0.25) is 4.79 Å². The lowest BCUT2D eigenvalue weighted by Crippen LogP contribution is -2.26. The SMILES string of the molecule is CN(C)c1ccc(C=C2C(=O)N=C3CCCCCN23)cc1. The second kappa shape index (κ2) is 5.72. The van der Waals surface area contributed by atoms with Crippen LogP contribution >= 0.6 is 0 Å². The van der Waals surface area contributed by atoms with Gasteiger partial charge in [0.1, 0.15) is 11.5 Å². The number of carbonyl (C=O) groups excluding carboxylic acids is 1. The first kappa shape index (κ1) is 13.9. The third-order valence-corrected chi connectivity index (χ3v) is 4.05. The summed E-state index contributed by atoms with van der Waals surface area (Å²) in [6.07, 6.45) is 6.36. The molecule has 0 saturated carbocycles. The van der Waals surface area contributed by atoms with Crippen LogP contribution in [0.5, 0.6) is 0 Å². The molecule has 0 radical (unpaired) electrons. The minimum Gasteiger partial charge on any atom is -0.378 e. The molecule has 0 N–H and O–H groups in total. The summed E-state index contributed by atoms with van der Waals surface area (Å²) in [5.74, 6) is 0.859. The number of nitrogens with zero attached hydrogens (tertiary/aromatic N) is 3. The second-order valence-corrected chi connectivity index (χ2v) is 5.81. The summed E-state index contributed by atoms with van der Waals surface area (Å²) in [5, 5.41) is 0. The molecular formula is C17H21N3O. The number of rotatable bonds is 2. The quantitative estimate of drug-likeness (QED) is 0.783. The maximum Gasteiger partial charge on any atom is 0.295 e. The van der Waals surface area contributed by atoms with Gasteiger partial charge in [0, 0.05) is 32.7 Å². The molecule has 4 nitrogen and oxygen atoms in total. The number of benzene rings is 1. The van der Waals surface area contributed by atoms with Crippen molar-refractivity contribution in [1.29, 1.82) is 0 Å². The average Bonchev–Trinajstić information content (AvgIpc) is 2.65. The molecule has 0 aliphatic carbocycles. The van der Waals surface area contributed by atoms with Crippen LogP contribution in [0.25, 0.3) is 6.08 Å². The fourth-order valence-corrected chi connectivity index (χ4v) is 2.83. The van der Waals surface area contributed by atoms with E-state index in [0.29, 0.717) is 0 Å². The molecule has 21 heavy (non-hydrogen) atoms. The molecule has 1 fully saturated rings. The van der Waals surface area contributed by atoms with E-state index in [9.17, 15) is 4.79 Å². The van der Waals surface area contributed by atoms with Gasteiger partial charge in [-0.15, -0.1) is 0 Å². The zero-order valence-corrected chi connectivity index (χ0v) is 12.7. The van der Waals surface area contributed by atoms with Crippen LogP contribution in [0, 0.1) is 0 Å². The van der Waals surface area contributed by atoms with Crippen LogP contribution in [-0.2, 0) is 4.79 Å². The van der Waals surface area contributed by atoms with E-state index in [1.807, 2.05) is 32.3 Å². The Hall–Kier alpha value is -2.10. The standard InChI is InChI=1S/C17H21N3O/c1-19(2)14-9-7-13(8-10-14)12-15-17(21)18-16-6-4-3-5-11-20(15)16/h7-10,12H,3-6,11H2,1-2H3. The van der Waals surface area contributed by atoms with E-state index in [1.165, 1.54) is 6.42 Å². The molecule has 110 valence electrons. The smallest absolute Gasteiger partial charge is 0.295 e. The van der Waals surface area contributed by atoms with Gasteiger partial charge in [0.15, 0.2) is 0 Å². The third-order valence-electron chi connectivity index (χ3n) is 4.05. The van der Waals surface area contributed by atoms with Gasteiger partial charge in [-0.25, -0.2) is 0 Å². The lowest BCUT2D eigenvalue weighted by molar-refractivity contribution is -0.114. The van der Waals surface area contributed by atoms with Gasteiger partial charge in [-0.1, -0.05) is 18.6 Å². The predicted octanol–water partition coefficient (Wildman–Crippen LogP) is 2.91. The first-order valence-corrected chi connectivity index (χ1v) is 7.54. The van der Waals surface area contributed by atoms with Crippen LogP contribution in [0.2, 0.25) is 0 Å². The minimum absolute atomic E-state index is 0.0939. The van der Waals surface area contributed by atoms with Crippen molar-refractivity contribution in [1.82, 2.24) is 4.90 Å². The molecule has 0 bridgehead atoms. The van der Waals surface area contributed by atoms with Gasteiger partial charge < -0.3 is 9.80 Å². The lowest BCUT2D eigenvalue weighted by atomic mass is 10.1. The molecular weight excluding hydrogens is 262 g/mol. The maximum absolute atomic E-state index is 12.1. The molecule has 0 aromatic heterocycles. The van der Waals surface area contributed by atoms with E-state index < -0.39 is 0 Å². The largest absolute Gasteiger partial charge is 0.378 e. The molecule has 2 aliphatic heterocycles. The van der Waals surface area contributed by atoms with E-state index in [4.69, 9.17) is 0 Å². The van der Waals surface area contributed by atoms with E-state index in [0.717, 1.165) is 48.6 Å². The highest BCUT2D eigenvalue weighted by Crippen LogP contribution is 2.25. The Labute approximate surface area is 125 Å². The maximum atomic E-state index is 12.1. The number of amides is 1. The van der Waals surface area contributed by atoms with E-state index in [2.05, 4.69) is 26.9 Å². The first-order valence-electron chi connectivity index (χ1n) is 7.54. The summed E-state index contributed by atoms with van der Waals surface area (Å²) in [6.45, 7) is 0.909. The van der Waals surface area contributed by atoms with Crippen LogP contribution in [0.4, 0.5) is 5.69 Å². The van der Waals surface area contributed by atoms with Crippen molar-refractivity contribution in [2.75, 3.05) is 25.5 Å². The Kier molecular flexibility index (Phi) is 3.78. The zero-order valence-electron chi connectivity index (χ0n) is 12.7. The van der Waals surface area contributed by atoms with Gasteiger partial charge in [0.05, 0.1) is 0 Å². The van der Waals surface area contributed by atoms with Gasteiger partial charge in [0.25, 0.3) is 5.91 Å². The average molecular weight is 283 g/mol. The van der Waals surface area contributed by atoms with Crippen molar-refractivity contribution in [3.8, 4) is 0 Å². The summed E-state index contributed by atoms with van der Waals surface area (Å²) >= 11 is 0. The Balaban J connectivity index is 1.86. The molecule has 1 amide bonds. The zero-order chi connectivity index (χ0) is 14.8. The summed E-state index contributed by atoms with van der Waals surface area (Å²) in [6, 6.07) is 8.23. The first-order chi connectivity index (χ1) is 10.1. The lowest BCUT2D eigenvalue weighted by Gasteiger charge is -2.18. The van der Waals surface area contributed by atoms with Crippen LogP contribution in [-0.4, -0.2) is 37.3 Å². The van der Waals surface area contributed by atoms with Crippen molar-refractivity contribution in [2.24, 2.45) is 4.99 Å². The van der Waals surface area contributed by atoms with Gasteiger partial charge >= 0.3 is 0 Å². The van der Waals surface area contributed by atoms with E-state index in [1.54, 1.807) is 0 Å². The van der Waals surface area contributed by atoms with Crippen molar-refractivity contribution < 1.29 is 4.79 Å². The third kappa shape index (κ3) is 2.84. The van der Waals surface area contributed by atoms with Gasteiger partial charge in [0.2, 0.25) is 0 Å². The van der Waals surface area contributed by atoms with Crippen molar-refractivity contribution in [3.63, 3.8) is 0 Å². The van der Waals surface area contributed by atoms with Gasteiger partial charge in [-0.2, -0.15) is 4.99 Å². The highest BCUT2D eigenvalue weighted by Gasteiger charge is 2.29. The Morgan fingerprint density at radius 3 is 2.62 bits per heavy atom. The highest BCUT2D eigenvalue weighted by atomic mass is 16.2. The second-order valence-electron chi connectivity index (χ2n) is 5.81. The molecule has 0 unspecified atom stereocenters. The number of carbonyl (C=O) groups is 1. The number of hydrogen-bond acceptors (Lipinski definition) is 3. The van der Waals surface area contributed by atoms with E-state index in [-0.39, 0.29) is 5.91 Å². The monoisotopic (exact) mass is 283 g/mol. The van der Waals surface area contributed by atoms with Gasteiger partial charge in [-0.05, 0) is 36.6 Å². The Morgan fingerprint density at radius 2 is 1.90 bits per heavy atom. The Morgan fingerprint density at radius 1 is 1.14 bits per heavy atom. The molecule has 4 heteroatoms. The Bertz CT molecular complexity index is 599. The number of hydrogen-bond donors (Lipinski definition) is 0.